The Balaban J connectivity index is 1.47. The Morgan fingerprint density at radius 3 is 2.51 bits per heavy atom. The summed E-state index contributed by atoms with van der Waals surface area (Å²) >= 11 is 0. The maximum Gasteiger partial charge on any atom is 0.306 e. The van der Waals surface area contributed by atoms with Gasteiger partial charge in [0, 0.05) is 50.3 Å². The summed E-state index contributed by atoms with van der Waals surface area (Å²) in [6.45, 7) is 13.0. The average molecular weight is 619 g/mol. The van der Waals surface area contributed by atoms with Crippen LogP contribution in [0.1, 0.15) is 74.7 Å². The Morgan fingerprint density at radius 1 is 1.11 bits per heavy atom. The minimum atomic E-state index is -0.922. The van der Waals surface area contributed by atoms with E-state index in [2.05, 4.69) is 35.6 Å². The highest BCUT2D eigenvalue weighted by molar-refractivity contribution is 6.09. The van der Waals surface area contributed by atoms with E-state index in [1.165, 1.54) is 0 Å². The number of ether oxygens (including phenoxy) is 3. The predicted molar refractivity (Wildman–Crippen MR) is 174 cm³/mol. The van der Waals surface area contributed by atoms with Gasteiger partial charge in [0.15, 0.2) is 0 Å². The zero-order valence-electron chi connectivity index (χ0n) is 27.3. The number of hydrogen-bond acceptors (Lipinski definition) is 8. The fraction of sp³-hybridized carbons (Fsp3) is 0.486. The van der Waals surface area contributed by atoms with Crippen LogP contribution in [0.4, 0.5) is 11.5 Å². The number of carboxylic acid groups (broad SMARTS) is 1. The third-order valence-corrected chi connectivity index (χ3v) is 7.74. The van der Waals surface area contributed by atoms with Crippen LogP contribution < -0.4 is 19.3 Å². The number of nitrogens with zero attached hydrogens (tertiary/aromatic N) is 4. The monoisotopic (exact) mass is 618 g/mol. The summed E-state index contributed by atoms with van der Waals surface area (Å²) in [6.07, 6.45) is 2.69. The molecule has 1 saturated heterocycles. The molecule has 4 rings (SSSR count). The highest BCUT2D eigenvalue weighted by atomic mass is 16.5. The molecule has 10 nitrogen and oxygen atoms in total. The molecule has 3 heterocycles. The second-order valence-electron chi connectivity index (χ2n) is 12.7. The fourth-order valence-corrected chi connectivity index (χ4v) is 5.52. The molecule has 3 aromatic rings. The van der Waals surface area contributed by atoms with E-state index in [0.29, 0.717) is 48.7 Å². The van der Waals surface area contributed by atoms with Crippen LogP contribution in [0.5, 0.6) is 11.6 Å². The van der Waals surface area contributed by atoms with Gasteiger partial charge in [-0.05, 0) is 73.9 Å². The zero-order chi connectivity index (χ0) is 32.6. The number of benzene rings is 1. The third-order valence-electron chi connectivity index (χ3n) is 7.74. The largest absolute Gasteiger partial charge is 0.497 e. The van der Waals surface area contributed by atoms with Crippen molar-refractivity contribution in [3.8, 4) is 11.6 Å². The van der Waals surface area contributed by atoms with Gasteiger partial charge in [-0.15, -0.1) is 0 Å². The van der Waals surface area contributed by atoms with Gasteiger partial charge in [0.05, 0.1) is 37.5 Å². The van der Waals surface area contributed by atoms with Gasteiger partial charge in [-0.25, -0.2) is 9.97 Å². The van der Waals surface area contributed by atoms with Crippen LogP contribution in [0.25, 0.3) is 0 Å². The van der Waals surface area contributed by atoms with Gasteiger partial charge in [0.2, 0.25) is 5.88 Å². The van der Waals surface area contributed by atoms with E-state index in [1.54, 1.807) is 30.3 Å². The van der Waals surface area contributed by atoms with Crippen LogP contribution >= 0.6 is 0 Å². The molecule has 1 amide bonds. The maximum atomic E-state index is 14.2. The highest BCUT2D eigenvalue weighted by Gasteiger charge is 2.29. The third kappa shape index (κ3) is 9.41. The molecule has 1 unspecified atom stereocenters. The number of amides is 1. The average Bonchev–Trinajstić information content (AvgIpc) is 3.01. The molecule has 1 aromatic carbocycles. The molecule has 1 aliphatic heterocycles. The number of hydrogen-bond donors (Lipinski definition) is 1. The lowest BCUT2D eigenvalue weighted by Crippen LogP contribution is -2.41. The molecule has 10 heteroatoms. The molecular weight excluding hydrogens is 572 g/mol. The summed E-state index contributed by atoms with van der Waals surface area (Å²) in [4.78, 5) is 38.6. The first kappa shape index (κ1) is 33.7. The lowest BCUT2D eigenvalue weighted by Gasteiger charge is -2.36. The van der Waals surface area contributed by atoms with Crippen LogP contribution in [0.3, 0.4) is 0 Å². The molecule has 242 valence electrons. The standard InChI is InChI=1S/C35H46N4O6/c1-7-44-30(21-33(40)41)26-13-16-36-32(19-26)45-22-25-14-17-38(18-15-25)29-20-27(43-6)11-12-28(29)34(42)39(23-35(3,4)5)31-10-8-9-24(2)37-31/h8-13,16,19-20,25,30H,7,14-15,17-18,21-23H2,1-6H3,(H,40,41). The van der Waals surface area contributed by atoms with E-state index < -0.39 is 12.1 Å². The number of carbonyl (C=O) groups excluding carboxylic acids is 1. The van der Waals surface area contributed by atoms with Crippen LogP contribution in [0, 0.1) is 18.3 Å². The SMILES string of the molecule is CCOC(CC(=O)O)c1ccnc(OCC2CCN(c3cc(OC)ccc3C(=O)N(CC(C)(C)C)c3cccc(C)n3)CC2)c1. The number of aromatic nitrogens is 2. The summed E-state index contributed by atoms with van der Waals surface area (Å²) in [5, 5.41) is 9.27. The number of piperidine rings is 1. The molecule has 1 atom stereocenters. The van der Waals surface area contributed by atoms with Gasteiger partial charge in [0.25, 0.3) is 5.91 Å². The number of carbonyl (C=O) groups is 2. The van der Waals surface area contributed by atoms with Crippen molar-refractivity contribution in [1.82, 2.24) is 9.97 Å². The van der Waals surface area contributed by atoms with E-state index in [9.17, 15) is 14.7 Å². The molecule has 0 spiro atoms. The van der Waals surface area contributed by atoms with Gasteiger partial charge < -0.3 is 24.2 Å². The molecule has 0 radical (unpaired) electrons. The molecule has 0 bridgehead atoms. The van der Waals surface area contributed by atoms with Crippen molar-refractivity contribution in [2.75, 3.05) is 49.8 Å². The second kappa shape index (κ2) is 15.2. The molecule has 1 N–H and O–H groups in total. The molecule has 1 fully saturated rings. The van der Waals surface area contributed by atoms with Crippen molar-refractivity contribution in [3.05, 3.63) is 71.5 Å². The highest BCUT2D eigenvalue weighted by Crippen LogP contribution is 2.33. The molecule has 1 aliphatic rings. The summed E-state index contributed by atoms with van der Waals surface area (Å²) in [5.41, 5.74) is 2.91. The molecule has 0 aliphatic carbocycles. The Morgan fingerprint density at radius 2 is 1.87 bits per heavy atom. The minimum Gasteiger partial charge on any atom is -0.497 e. The van der Waals surface area contributed by atoms with E-state index in [1.807, 2.05) is 50.2 Å². The van der Waals surface area contributed by atoms with Crippen molar-refractivity contribution in [1.29, 1.82) is 0 Å². The Bertz CT molecular complexity index is 1450. The van der Waals surface area contributed by atoms with Crippen molar-refractivity contribution in [2.45, 2.75) is 60.0 Å². The van der Waals surface area contributed by atoms with Crippen LogP contribution in [0.15, 0.2) is 54.7 Å². The zero-order valence-corrected chi connectivity index (χ0v) is 27.3. The molecule has 45 heavy (non-hydrogen) atoms. The first-order valence-corrected chi connectivity index (χ1v) is 15.6. The van der Waals surface area contributed by atoms with Crippen molar-refractivity contribution in [3.63, 3.8) is 0 Å². The topological polar surface area (TPSA) is 114 Å². The number of aryl methyl sites for hydroxylation is 1. The van der Waals surface area contributed by atoms with Crippen molar-refractivity contribution in [2.24, 2.45) is 11.3 Å². The summed E-state index contributed by atoms with van der Waals surface area (Å²) in [5.74, 6) is 1.07. The van der Waals surface area contributed by atoms with Crippen LogP contribution in [-0.2, 0) is 9.53 Å². The van der Waals surface area contributed by atoms with Gasteiger partial charge >= 0.3 is 5.97 Å². The second-order valence-corrected chi connectivity index (χ2v) is 12.7. The van der Waals surface area contributed by atoms with Gasteiger partial charge in [-0.2, -0.15) is 0 Å². The summed E-state index contributed by atoms with van der Waals surface area (Å²) < 4.78 is 17.3. The van der Waals surface area contributed by atoms with Gasteiger partial charge in [-0.1, -0.05) is 26.8 Å². The lowest BCUT2D eigenvalue weighted by atomic mass is 9.94. The van der Waals surface area contributed by atoms with E-state index >= 15 is 0 Å². The van der Waals surface area contributed by atoms with Gasteiger partial charge in [0.1, 0.15) is 11.6 Å². The Kier molecular flexibility index (Phi) is 11.4. The number of anilines is 2. The fourth-order valence-electron chi connectivity index (χ4n) is 5.52. The molecular formula is C35H46N4O6. The predicted octanol–water partition coefficient (Wildman–Crippen LogP) is 6.33. The number of carboxylic acids is 1. The van der Waals surface area contributed by atoms with Crippen molar-refractivity contribution >= 4 is 23.4 Å². The maximum absolute atomic E-state index is 14.2. The Labute approximate surface area is 266 Å². The number of methoxy groups -OCH3 is 1. The smallest absolute Gasteiger partial charge is 0.306 e. The minimum absolute atomic E-state index is 0.0923. The lowest BCUT2D eigenvalue weighted by molar-refractivity contribution is -0.140. The molecule has 2 aromatic heterocycles. The first-order valence-electron chi connectivity index (χ1n) is 15.6. The Hall–Kier alpha value is -4.18. The quantitative estimate of drug-likeness (QED) is 0.235. The van der Waals surface area contributed by atoms with E-state index in [4.69, 9.17) is 14.2 Å². The summed E-state index contributed by atoms with van der Waals surface area (Å²) in [7, 11) is 1.63. The first-order chi connectivity index (χ1) is 21.5. The van der Waals surface area contributed by atoms with Crippen molar-refractivity contribution < 1.29 is 28.9 Å². The van der Waals surface area contributed by atoms with E-state index in [0.717, 1.165) is 42.9 Å². The molecule has 0 saturated carbocycles. The van der Waals surface area contributed by atoms with Crippen LogP contribution in [-0.4, -0.2) is 66.9 Å². The summed E-state index contributed by atoms with van der Waals surface area (Å²) in [6, 6.07) is 14.9. The number of aliphatic carboxylic acids is 1. The van der Waals surface area contributed by atoms with Gasteiger partial charge in [-0.3, -0.25) is 14.5 Å². The van der Waals surface area contributed by atoms with E-state index in [-0.39, 0.29) is 17.7 Å². The normalized spacial score (nSPS) is 14.6. The number of rotatable bonds is 13. The van der Waals surface area contributed by atoms with Crippen LogP contribution in [0.2, 0.25) is 0 Å². The number of pyridine rings is 2.